The summed E-state index contributed by atoms with van der Waals surface area (Å²) in [6, 6.07) is 6.22. The maximum atomic E-state index is 6.17. The molecule has 1 fully saturated rings. The molecule has 0 heterocycles. The van der Waals surface area contributed by atoms with Gasteiger partial charge in [0.15, 0.2) is 0 Å². The number of ether oxygens (including phenoxy) is 1. The highest BCUT2D eigenvalue weighted by Gasteiger charge is 2.20. The molecule has 1 aliphatic carbocycles. The lowest BCUT2D eigenvalue weighted by molar-refractivity contribution is 0.134. The van der Waals surface area contributed by atoms with E-state index in [4.69, 9.17) is 10.5 Å². The molecular weight excluding hydrogens is 290 g/mol. The van der Waals surface area contributed by atoms with Gasteiger partial charge in [-0.05, 0) is 68.3 Å². The molecule has 2 N–H and O–H groups in total. The average molecular weight is 312 g/mol. The second-order valence-electron chi connectivity index (χ2n) is 5.29. The van der Waals surface area contributed by atoms with Crippen LogP contribution in [0.15, 0.2) is 22.7 Å². The summed E-state index contributed by atoms with van der Waals surface area (Å²) >= 11 is 3.50. The Bertz CT molecular complexity index is 386. The van der Waals surface area contributed by atoms with Gasteiger partial charge in [0.25, 0.3) is 0 Å². The molecule has 18 heavy (non-hydrogen) atoms. The summed E-state index contributed by atoms with van der Waals surface area (Å²) < 4.78 is 7.26. The summed E-state index contributed by atoms with van der Waals surface area (Å²) in [4.78, 5) is 0. The van der Waals surface area contributed by atoms with Crippen LogP contribution in [0.5, 0.6) is 5.75 Å². The van der Waals surface area contributed by atoms with Crippen LogP contribution >= 0.6 is 15.9 Å². The largest absolute Gasteiger partial charge is 0.490 e. The van der Waals surface area contributed by atoms with Gasteiger partial charge in [-0.15, -0.1) is 0 Å². The van der Waals surface area contributed by atoms with E-state index in [9.17, 15) is 0 Å². The van der Waals surface area contributed by atoms with Crippen molar-refractivity contribution in [2.24, 2.45) is 11.7 Å². The molecule has 2 nitrogen and oxygen atoms in total. The maximum Gasteiger partial charge on any atom is 0.123 e. The molecular formula is C15H22BrNO. The second kappa shape index (κ2) is 6.58. The first kappa shape index (κ1) is 13.9. The zero-order valence-electron chi connectivity index (χ0n) is 11.0. The van der Waals surface area contributed by atoms with E-state index in [1.807, 2.05) is 6.07 Å². The topological polar surface area (TPSA) is 35.2 Å². The predicted molar refractivity (Wildman–Crippen MR) is 78.9 cm³/mol. The van der Waals surface area contributed by atoms with Gasteiger partial charge >= 0.3 is 0 Å². The molecule has 0 amide bonds. The van der Waals surface area contributed by atoms with Gasteiger partial charge in [-0.2, -0.15) is 0 Å². The summed E-state index contributed by atoms with van der Waals surface area (Å²) in [7, 11) is 0. The van der Waals surface area contributed by atoms with E-state index in [0.717, 1.165) is 22.6 Å². The highest BCUT2D eigenvalue weighted by molar-refractivity contribution is 9.10. The normalized spacial score (nSPS) is 23.9. The zero-order valence-corrected chi connectivity index (χ0v) is 12.6. The Morgan fingerprint density at radius 2 is 2.00 bits per heavy atom. The number of rotatable bonds is 4. The van der Waals surface area contributed by atoms with Crippen LogP contribution < -0.4 is 10.5 Å². The fourth-order valence-electron chi connectivity index (χ4n) is 2.54. The minimum absolute atomic E-state index is 0.388. The SMILES string of the molecule is CC1CCC(Oc2ccc(Br)cc2CCN)CC1. The predicted octanol–water partition coefficient (Wildman–Crippen LogP) is 3.91. The quantitative estimate of drug-likeness (QED) is 0.915. The molecule has 0 spiro atoms. The van der Waals surface area contributed by atoms with E-state index < -0.39 is 0 Å². The number of hydrogen-bond acceptors (Lipinski definition) is 2. The first-order chi connectivity index (χ1) is 8.69. The van der Waals surface area contributed by atoms with Crippen molar-refractivity contribution in [2.75, 3.05) is 6.54 Å². The van der Waals surface area contributed by atoms with Gasteiger partial charge in [-0.3, -0.25) is 0 Å². The molecule has 3 heteroatoms. The Balaban J connectivity index is 2.03. The lowest BCUT2D eigenvalue weighted by Crippen LogP contribution is -2.23. The average Bonchev–Trinajstić information content (AvgIpc) is 2.36. The number of halogens is 1. The third-order valence-electron chi connectivity index (χ3n) is 3.69. The molecule has 0 unspecified atom stereocenters. The van der Waals surface area contributed by atoms with E-state index in [0.29, 0.717) is 12.6 Å². The van der Waals surface area contributed by atoms with Crippen molar-refractivity contribution >= 4 is 15.9 Å². The number of hydrogen-bond donors (Lipinski definition) is 1. The van der Waals surface area contributed by atoms with Crippen molar-refractivity contribution in [3.8, 4) is 5.75 Å². The maximum absolute atomic E-state index is 6.17. The minimum Gasteiger partial charge on any atom is -0.490 e. The summed E-state index contributed by atoms with van der Waals surface area (Å²) in [5.74, 6) is 1.88. The van der Waals surface area contributed by atoms with Crippen molar-refractivity contribution < 1.29 is 4.74 Å². The molecule has 0 aromatic heterocycles. The lowest BCUT2D eigenvalue weighted by Gasteiger charge is -2.27. The molecule has 0 bridgehead atoms. The standard InChI is InChI=1S/C15H22BrNO/c1-11-2-5-14(6-3-11)18-15-7-4-13(16)10-12(15)8-9-17/h4,7,10-11,14H,2-3,5-6,8-9,17H2,1H3. The lowest BCUT2D eigenvalue weighted by atomic mass is 9.89. The van der Waals surface area contributed by atoms with Gasteiger partial charge in [-0.1, -0.05) is 22.9 Å². The molecule has 0 radical (unpaired) electrons. The van der Waals surface area contributed by atoms with E-state index >= 15 is 0 Å². The Kier molecular flexibility index (Phi) is 5.07. The van der Waals surface area contributed by atoms with Gasteiger partial charge in [0.2, 0.25) is 0 Å². The molecule has 1 aromatic carbocycles. The number of nitrogens with two attached hydrogens (primary N) is 1. The Morgan fingerprint density at radius 1 is 1.28 bits per heavy atom. The van der Waals surface area contributed by atoms with Crippen LogP contribution in [-0.2, 0) is 6.42 Å². The molecule has 0 aliphatic heterocycles. The van der Waals surface area contributed by atoms with Crippen LogP contribution in [0.2, 0.25) is 0 Å². The molecule has 1 aliphatic rings. The third kappa shape index (κ3) is 3.72. The van der Waals surface area contributed by atoms with E-state index in [2.05, 4.69) is 35.0 Å². The van der Waals surface area contributed by atoms with Gasteiger partial charge < -0.3 is 10.5 Å². The molecule has 1 aromatic rings. The van der Waals surface area contributed by atoms with Crippen LogP contribution in [-0.4, -0.2) is 12.6 Å². The first-order valence-electron chi connectivity index (χ1n) is 6.84. The van der Waals surface area contributed by atoms with E-state index in [1.54, 1.807) is 0 Å². The fourth-order valence-corrected chi connectivity index (χ4v) is 2.95. The van der Waals surface area contributed by atoms with E-state index in [1.165, 1.54) is 31.2 Å². The smallest absolute Gasteiger partial charge is 0.123 e. The van der Waals surface area contributed by atoms with Crippen molar-refractivity contribution in [2.45, 2.75) is 45.1 Å². The number of benzene rings is 1. The van der Waals surface area contributed by atoms with Crippen LogP contribution in [0.3, 0.4) is 0 Å². The molecule has 0 atom stereocenters. The van der Waals surface area contributed by atoms with Crippen molar-refractivity contribution in [3.05, 3.63) is 28.2 Å². The van der Waals surface area contributed by atoms with Crippen molar-refractivity contribution in [3.63, 3.8) is 0 Å². The van der Waals surface area contributed by atoms with E-state index in [-0.39, 0.29) is 0 Å². The minimum atomic E-state index is 0.388. The zero-order chi connectivity index (χ0) is 13.0. The monoisotopic (exact) mass is 311 g/mol. The van der Waals surface area contributed by atoms with Crippen LogP contribution in [0.25, 0.3) is 0 Å². The Hall–Kier alpha value is -0.540. The van der Waals surface area contributed by atoms with Crippen LogP contribution in [0, 0.1) is 5.92 Å². The molecule has 1 saturated carbocycles. The summed E-state index contributed by atoms with van der Waals surface area (Å²) in [6.45, 7) is 2.99. The van der Waals surface area contributed by atoms with Gasteiger partial charge in [0, 0.05) is 4.47 Å². The third-order valence-corrected chi connectivity index (χ3v) is 4.19. The molecule has 0 saturated heterocycles. The summed E-state index contributed by atoms with van der Waals surface area (Å²) in [5.41, 5.74) is 6.87. The molecule has 100 valence electrons. The molecule has 2 rings (SSSR count). The second-order valence-corrected chi connectivity index (χ2v) is 6.21. The fraction of sp³-hybridized carbons (Fsp3) is 0.600. The van der Waals surface area contributed by atoms with Crippen molar-refractivity contribution in [1.29, 1.82) is 0 Å². The van der Waals surface area contributed by atoms with Gasteiger partial charge in [0.1, 0.15) is 5.75 Å². The first-order valence-corrected chi connectivity index (χ1v) is 7.63. The van der Waals surface area contributed by atoms with Gasteiger partial charge in [0.05, 0.1) is 6.10 Å². The van der Waals surface area contributed by atoms with Crippen LogP contribution in [0.1, 0.15) is 38.2 Å². The summed E-state index contributed by atoms with van der Waals surface area (Å²) in [6.07, 6.45) is 6.19. The van der Waals surface area contributed by atoms with Crippen LogP contribution in [0.4, 0.5) is 0 Å². The summed E-state index contributed by atoms with van der Waals surface area (Å²) in [5, 5.41) is 0. The highest BCUT2D eigenvalue weighted by Crippen LogP contribution is 2.30. The Morgan fingerprint density at radius 3 is 2.67 bits per heavy atom. The van der Waals surface area contributed by atoms with Gasteiger partial charge in [-0.25, -0.2) is 0 Å². The van der Waals surface area contributed by atoms with Crippen molar-refractivity contribution in [1.82, 2.24) is 0 Å². The highest BCUT2D eigenvalue weighted by atomic mass is 79.9. The Labute approximate surface area is 118 Å².